The molecule has 0 radical (unpaired) electrons. The van der Waals surface area contributed by atoms with Crippen LogP contribution in [0.25, 0.3) is 0 Å². The molecule has 0 saturated heterocycles. The van der Waals surface area contributed by atoms with Gasteiger partial charge in [0, 0.05) is 21.6 Å². The van der Waals surface area contributed by atoms with Crippen LogP contribution in [0.4, 0.5) is 0 Å². The van der Waals surface area contributed by atoms with Crippen LogP contribution in [0, 0.1) is 20.8 Å². The molecule has 0 bridgehead atoms. The van der Waals surface area contributed by atoms with Gasteiger partial charge in [0.15, 0.2) is 0 Å². The van der Waals surface area contributed by atoms with Crippen molar-refractivity contribution in [2.45, 2.75) is 20.8 Å². The van der Waals surface area contributed by atoms with E-state index in [9.17, 15) is 9.36 Å². The second-order valence-corrected chi connectivity index (χ2v) is 9.32. The van der Waals surface area contributed by atoms with Crippen molar-refractivity contribution in [3.8, 4) is 0 Å². The largest absolute Gasteiger partial charge is 0.305 e. The van der Waals surface area contributed by atoms with Gasteiger partial charge in [0.05, 0.1) is 0 Å². The first kappa shape index (κ1) is 16.9. The molecular weight excluding hydrogens is 335 g/mol. The average Bonchev–Trinajstić information content (AvgIpc) is 3.14. The summed E-state index contributed by atoms with van der Waals surface area (Å²) in [5, 5.41) is 4.85. The zero-order valence-electron chi connectivity index (χ0n) is 13.9. The second-order valence-electron chi connectivity index (χ2n) is 5.91. The predicted octanol–water partition coefficient (Wildman–Crippen LogP) is 4.83. The van der Waals surface area contributed by atoms with Gasteiger partial charge in [-0.25, -0.2) is 0 Å². The van der Waals surface area contributed by atoms with Crippen molar-refractivity contribution in [2.24, 2.45) is 0 Å². The van der Waals surface area contributed by atoms with Gasteiger partial charge < -0.3 is 4.57 Å². The molecule has 3 aromatic rings. The predicted molar refractivity (Wildman–Crippen MR) is 103 cm³/mol. The summed E-state index contributed by atoms with van der Waals surface area (Å²) < 4.78 is 14.2. The maximum absolute atomic E-state index is 14.2. The fourth-order valence-corrected chi connectivity index (χ4v) is 6.33. The van der Waals surface area contributed by atoms with Crippen LogP contribution in [0.1, 0.15) is 27.0 Å². The molecule has 2 aromatic carbocycles. The van der Waals surface area contributed by atoms with E-state index >= 15 is 0 Å². The van der Waals surface area contributed by atoms with Gasteiger partial charge in [-0.05, 0) is 48.9 Å². The molecular formula is C20H19O2PS. The molecule has 2 nitrogen and oxygen atoms in total. The lowest BCUT2D eigenvalue weighted by atomic mass is 10.1. The highest BCUT2D eigenvalue weighted by Crippen LogP contribution is 2.48. The summed E-state index contributed by atoms with van der Waals surface area (Å²) in [7, 11) is -3.42. The zero-order valence-corrected chi connectivity index (χ0v) is 15.7. The van der Waals surface area contributed by atoms with E-state index in [0.29, 0.717) is 16.2 Å². The van der Waals surface area contributed by atoms with E-state index in [1.807, 2.05) is 56.5 Å². The van der Waals surface area contributed by atoms with E-state index < -0.39 is 7.14 Å². The number of aryl methyl sites for hydroxylation is 1. The number of hydrogen-bond acceptors (Lipinski definition) is 3. The SMILES string of the molecule is Cc1ccc(P(=O)(C(=O)c2ccsc2)c2ccccc2)c(C)c1C. The van der Waals surface area contributed by atoms with E-state index in [-0.39, 0.29) is 5.52 Å². The molecule has 0 saturated carbocycles. The van der Waals surface area contributed by atoms with Gasteiger partial charge in [-0.3, -0.25) is 4.79 Å². The van der Waals surface area contributed by atoms with Crippen LogP contribution in [0.5, 0.6) is 0 Å². The highest BCUT2D eigenvalue weighted by molar-refractivity contribution is 7.93. The minimum absolute atomic E-state index is 0.290. The fourth-order valence-electron chi connectivity index (χ4n) is 2.85. The third-order valence-electron chi connectivity index (χ3n) is 4.54. The molecule has 0 aliphatic heterocycles. The summed E-state index contributed by atoms with van der Waals surface area (Å²) in [5.74, 6) is 0. The van der Waals surface area contributed by atoms with E-state index in [1.54, 1.807) is 23.6 Å². The summed E-state index contributed by atoms with van der Waals surface area (Å²) in [6.45, 7) is 5.99. The Balaban J connectivity index is 2.30. The summed E-state index contributed by atoms with van der Waals surface area (Å²) in [5.41, 5.74) is 3.39. The molecule has 0 aliphatic carbocycles. The first-order valence-electron chi connectivity index (χ1n) is 7.76. The van der Waals surface area contributed by atoms with E-state index in [1.165, 1.54) is 11.3 Å². The minimum atomic E-state index is -3.42. The van der Waals surface area contributed by atoms with Crippen molar-refractivity contribution in [3.05, 3.63) is 81.5 Å². The van der Waals surface area contributed by atoms with Gasteiger partial charge in [-0.1, -0.05) is 42.5 Å². The van der Waals surface area contributed by atoms with Gasteiger partial charge in [-0.2, -0.15) is 11.3 Å². The Morgan fingerprint density at radius 3 is 2.25 bits per heavy atom. The third-order valence-corrected chi connectivity index (χ3v) is 8.24. The summed E-state index contributed by atoms with van der Waals surface area (Å²) >= 11 is 1.44. The molecule has 1 atom stereocenters. The van der Waals surface area contributed by atoms with Crippen molar-refractivity contribution < 1.29 is 9.36 Å². The summed E-state index contributed by atoms with van der Waals surface area (Å²) in [6, 6.07) is 14.7. The molecule has 0 aliphatic rings. The van der Waals surface area contributed by atoms with Crippen LogP contribution >= 0.6 is 18.5 Å². The standard InChI is InChI=1S/C20H19O2PS/c1-14-9-10-19(16(3)15(14)2)23(22,18-7-5-4-6-8-18)20(21)17-11-12-24-13-17/h4-13H,1-3H3. The van der Waals surface area contributed by atoms with Crippen LogP contribution < -0.4 is 10.6 Å². The van der Waals surface area contributed by atoms with Gasteiger partial charge in [0.2, 0.25) is 12.7 Å². The zero-order chi connectivity index (χ0) is 17.3. The topological polar surface area (TPSA) is 34.1 Å². The highest BCUT2D eigenvalue weighted by atomic mass is 32.1. The van der Waals surface area contributed by atoms with Gasteiger partial charge in [0.25, 0.3) is 0 Å². The summed E-state index contributed by atoms with van der Waals surface area (Å²) in [4.78, 5) is 13.2. The van der Waals surface area contributed by atoms with Gasteiger partial charge in [-0.15, -0.1) is 0 Å². The molecule has 1 unspecified atom stereocenters. The van der Waals surface area contributed by atoms with Crippen molar-refractivity contribution in [2.75, 3.05) is 0 Å². The first-order chi connectivity index (χ1) is 11.5. The monoisotopic (exact) mass is 354 g/mol. The lowest BCUT2D eigenvalue weighted by Crippen LogP contribution is -2.25. The number of carbonyl (C=O) groups excluding carboxylic acids is 1. The van der Waals surface area contributed by atoms with Crippen LogP contribution in [0.15, 0.2) is 59.3 Å². The van der Waals surface area contributed by atoms with Gasteiger partial charge in [0.1, 0.15) is 0 Å². The molecule has 1 aromatic heterocycles. The average molecular weight is 354 g/mol. The Morgan fingerprint density at radius 2 is 1.62 bits per heavy atom. The molecule has 0 N–H and O–H groups in total. The quantitative estimate of drug-likeness (QED) is 0.629. The molecule has 0 spiro atoms. The third kappa shape index (κ3) is 2.68. The lowest BCUT2D eigenvalue weighted by Gasteiger charge is -2.21. The minimum Gasteiger partial charge on any atom is -0.305 e. The molecule has 3 rings (SSSR count). The second kappa shape index (κ2) is 6.51. The van der Waals surface area contributed by atoms with Crippen LogP contribution in [0.2, 0.25) is 0 Å². The smallest absolute Gasteiger partial charge is 0.230 e. The lowest BCUT2D eigenvalue weighted by molar-refractivity contribution is 0.107. The number of rotatable bonds is 4. The Bertz CT molecular complexity index is 928. The molecule has 0 amide bonds. The Morgan fingerprint density at radius 1 is 0.917 bits per heavy atom. The maximum Gasteiger partial charge on any atom is 0.230 e. The molecule has 24 heavy (non-hydrogen) atoms. The van der Waals surface area contributed by atoms with Crippen LogP contribution in [-0.4, -0.2) is 5.52 Å². The fraction of sp³-hybridized carbons (Fsp3) is 0.150. The summed E-state index contributed by atoms with van der Waals surface area (Å²) in [6.07, 6.45) is 0. The molecule has 4 heteroatoms. The van der Waals surface area contributed by atoms with Crippen LogP contribution in [-0.2, 0) is 4.57 Å². The molecule has 1 heterocycles. The Kier molecular flexibility index (Phi) is 4.58. The number of benzene rings is 2. The van der Waals surface area contributed by atoms with Crippen molar-refractivity contribution in [1.29, 1.82) is 0 Å². The van der Waals surface area contributed by atoms with Gasteiger partial charge >= 0.3 is 0 Å². The number of carbonyl (C=O) groups is 1. The molecule has 0 fully saturated rings. The van der Waals surface area contributed by atoms with Crippen molar-refractivity contribution in [3.63, 3.8) is 0 Å². The maximum atomic E-state index is 14.2. The van der Waals surface area contributed by atoms with E-state index in [0.717, 1.165) is 16.7 Å². The highest BCUT2D eigenvalue weighted by Gasteiger charge is 2.38. The molecule has 122 valence electrons. The van der Waals surface area contributed by atoms with Crippen molar-refractivity contribution in [1.82, 2.24) is 0 Å². The van der Waals surface area contributed by atoms with E-state index in [2.05, 4.69) is 0 Å². The number of hydrogen-bond donors (Lipinski definition) is 0. The first-order valence-corrected chi connectivity index (χ1v) is 10.4. The van der Waals surface area contributed by atoms with Crippen LogP contribution in [0.3, 0.4) is 0 Å². The normalized spacial score (nSPS) is 13.5. The van der Waals surface area contributed by atoms with E-state index in [4.69, 9.17) is 0 Å². The number of thiophene rings is 1. The Labute approximate surface area is 146 Å². The Hall–Kier alpha value is -1.96. The van der Waals surface area contributed by atoms with Crippen molar-refractivity contribution >= 4 is 34.6 Å².